The molecule has 0 saturated carbocycles. The molecule has 2 aliphatic rings. The van der Waals surface area contributed by atoms with E-state index in [1.54, 1.807) is 6.92 Å². The topological polar surface area (TPSA) is 46.5 Å². The maximum atomic E-state index is 9.37. The van der Waals surface area contributed by atoms with Crippen molar-refractivity contribution in [2.45, 2.75) is 13.3 Å². The van der Waals surface area contributed by atoms with Crippen molar-refractivity contribution in [2.24, 2.45) is 0 Å². The Hall–Kier alpha value is -1.51. The fraction of sp³-hybridized carbons (Fsp3) is 0.222. The molecule has 12 heavy (non-hydrogen) atoms. The van der Waals surface area contributed by atoms with Gasteiger partial charge in [-0.15, -0.1) is 0 Å². The van der Waals surface area contributed by atoms with Gasteiger partial charge >= 0.3 is 5.97 Å². The lowest BCUT2D eigenvalue weighted by atomic mass is 10.2. The minimum absolute atomic E-state index is 0.222. The summed E-state index contributed by atoms with van der Waals surface area (Å²) >= 11 is 0. The molecule has 0 fully saturated rings. The fourth-order valence-corrected chi connectivity index (χ4v) is 0.679. The van der Waals surface area contributed by atoms with Gasteiger partial charge < -0.3 is 9.84 Å². The summed E-state index contributed by atoms with van der Waals surface area (Å²) in [5, 5.41) is 7.72. The van der Waals surface area contributed by atoms with Crippen molar-refractivity contribution in [3.63, 3.8) is 0 Å². The van der Waals surface area contributed by atoms with E-state index in [0.717, 1.165) is 11.5 Å². The highest BCUT2D eigenvalue weighted by molar-refractivity contribution is 5.66. The van der Waals surface area contributed by atoms with Crippen LogP contribution in [-0.2, 0) is 4.79 Å². The molecule has 3 heteroatoms. The summed E-state index contributed by atoms with van der Waals surface area (Å²) < 4.78 is 5.01. The number of aliphatic carboxylic acids is 1. The van der Waals surface area contributed by atoms with Gasteiger partial charge in [0.1, 0.15) is 11.5 Å². The van der Waals surface area contributed by atoms with E-state index in [-0.39, 0.29) is 6.42 Å². The molecular formula is C9H10O3. The molecule has 1 N–H and O–H groups in total. The molecule has 2 aliphatic heterocycles. The van der Waals surface area contributed by atoms with Crippen LogP contribution in [0.3, 0.4) is 0 Å². The van der Waals surface area contributed by atoms with Crippen LogP contribution in [0.2, 0.25) is 0 Å². The smallest absolute Gasteiger partial charge is 0.303 e. The summed E-state index contributed by atoms with van der Waals surface area (Å²) in [4.78, 5) is 9.37. The molecule has 2 bridgehead atoms. The predicted molar refractivity (Wildman–Crippen MR) is 44.4 cm³/mol. The molecular weight excluding hydrogens is 156 g/mol. The van der Waals surface area contributed by atoms with E-state index in [0.29, 0.717) is 0 Å². The molecule has 3 rings (SSSR count). The van der Waals surface area contributed by atoms with Crippen LogP contribution >= 0.6 is 0 Å². The SMILES string of the molecule is CCC(=O)O.c1cc2cc(c1)O2. The van der Waals surface area contributed by atoms with Crippen LogP contribution < -0.4 is 4.74 Å². The highest BCUT2D eigenvalue weighted by Gasteiger charge is 2.05. The zero-order valence-electron chi connectivity index (χ0n) is 6.78. The second-order valence-electron chi connectivity index (χ2n) is 2.32. The van der Waals surface area contributed by atoms with E-state index in [2.05, 4.69) is 0 Å². The number of benzene rings is 1. The van der Waals surface area contributed by atoms with Crippen molar-refractivity contribution < 1.29 is 14.6 Å². The number of rotatable bonds is 1. The number of hydrogen-bond acceptors (Lipinski definition) is 2. The lowest BCUT2D eigenvalue weighted by molar-refractivity contribution is -0.136. The molecule has 0 radical (unpaired) electrons. The summed E-state index contributed by atoms with van der Waals surface area (Å²) in [5.74, 6) is 1.22. The number of fused-ring (bicyclic) bond motifs is 2. The van der Waals surface area contributed by atoms with Crippen LogP contribution in [0, 0.1) is 0 Å². The molecule has 0 spiro atoms. The Morgan fingerprint density at radius 1 is 1.50 bits per heavy atom. The zero-order chi connectivity index (χ0) is 8.97. The lowest BCUT2D eigenvalue weighted by Crippen LogP contribution is -1.91. The van der Waals surface area contributed by atoms with E-state index in [1.165, 1.54) is 0 Å². The first-order valence-electron chi connectivity index (χ1n) is 3.72. The number of ether oxygens (including phenoxy) is 1. The third-order valence-electron chi connectivity index (χ3n) is 1.34. The average molecular weight is 166 g/mol. The first-order chi connectivity index (χ1) is 5.72. The molecule has 1 aromatic rings. The zero-order valence-corrected chi connectivity index (χ0v) is 6.78. The van der Waals surface area contributed by atoms with Crippen LogP contribution in [0.5, 0.6) is 11.5 Å². The van der Waals surface area contributed by atoms with Crippen LogP contribution in [0.4, 0.5) is 0 Å². The van der Waals surface area contributed by atoms with E-state index in [1.807, 2.05) is 24.3 Å². The number of carboxylic acid groups (broad SMARTS) is 1. The summed E-state index contributed by atoms with van der Waals surface area (Å²) in [6.07, 6.45) is 0.222. The van der Waals surface area contributed by atoms with Gasteiger partial charge in [0.2, 0.25) is 0 Å². The van der Waals surface area contributed by atoms with Crippen molar-refractivity contribution in [1.82, 2.24) is 0 Å². The van der Waals surface area contributed by atoms with Crippen LogP contribution in [-0.4, -0.2) is 11.1 Å². The molecule has 0 aliphatic carbocycles. The number of hydrogen-bond donors (Lipinski definition) is 1. The predicted octanol–water partition coefficient (Wildman–Crippen LogP) is 2.27. The number of carbonyl (C=O) groups is 1. The van der Waals surface area contributed by atoms with Gasteiger partial charge in [-0.2, -0.15) is 0 Å². The first kappa shape index (κ1) is 8.59. The van der Waals surface area contributed by atoms with Gasteiger partial charge in [0, 0.05) is 12.5 Å². The Morgan fingerprint density at radius 3 is 2.00 bits per heavy atom. The standard InChI is InChI=1S/C6H4O.C3H6O2/c1-2-5-4-6(3-1)7-5;1-2-3(4)5/h1-4H;2H2,1H3,(H,4,5). The second-order valence-corrected chi connectivity index (χ2v) is 2.32. The van der Waals surface area contributed by atoms with Crippen molar-refractivity contribution in [3.05, 3.63) is 24.3 Å². The van der Waals surface area contributed by atoms with Crippen molar-refractivity contribution in [2.75, 3.05) is 0 Å². The van der Waals surface area contributed by atoms with Gasteiger partial charge in [0.15, 0.2) is 0 Å². The number of carboxylic acids is 1. The van der Waals surface area contributed by atoms with E-state index in [4.69, 9.17) is 9.84 Å². The van der Waals surface area contributed by atoms with Crippen molar-refractivity contribution in [3.8, 4) is 11.5 Å². The monoisotopic (exact) mass is 166 g/mol. The Bertz CT molecular complexity index is 256. The highest BCUT2D eigenvalue weighted by Crippen LogP contribution is 2.32. The first-order valence-corrected chi connectivity index (χ1v) is 3.72. The van der Waals surface area contributed by atoms with Crippen LogP contribution in [0.25, 0.3) is 0 Å². The summed E-state index contributed by atoms with van der Waals surface area (Å²) in [6.45, 7) is 1.60. The lowest BCUT2D eigenvalue weighted by Gasteiger charge is -2.13. The van der Waals surface area contributed by atoms with Gasteiger partial charge in [-0.25, -0.2) is 0 Å². The Morgan fingerprint density at radius 2 is 1.92 bits per heavy atom. The second kappa shape index (κ2) is 3.76. The average Bonchev–Trinajstić information content (AvgIpc) is 2.06. The molecule has 1 aromatic carbocycles. The third-order valence-corrected chi connectivity index (χ3v) is 1.34. The van der Waals surface area contributed by atoms with Gasteiger partial charge in [0.25, 0.3) is 0 Å². The Balaban J connectivity index is 0.000000130. The van der Waals surface area contributed by atoms with E-state index < -0.39 is 5.97 Å². The molecule has 2 heterocycles. The van der Waals surface area contributed by atoms with Gasteiger partial charge in [0.05, 0.1) is 0 Å². The third kappa shape index (κ3) is 2.27. The Kier molecular flexibility index (Phi) is 2.69. The minimum atomic E-state index is -0.745. The van der Waals surface area contributed by atoms with E-state index in [9.17, 15) is 4.79 Å². The Labute approximate surface area is 70.6 Å². The molecule has 3 nitrogen and oxygen atoms in total. The normalized spacial score (nSPS) is 10.1. The highest BCUT2D eigenvalue weighted by atomic mass is 16.5. The largest absolute Gasteiger partial charge is 0.481 e. The molecule has 0 atom stereocenters. The molecule has 64 valence electrons. The molecule has 0 unspecified atom stereocenters. The van der Waals surface area contributed by atoms with Gasteiger partial charge in [-0.1, -0.05) is 13.0 Å². The van der Waals surface area contributed by atoms with Crippen molar-refractivity contribution in [1.29, 1.82) is 0 Å². The minimum Gasteiger partial charge on any atom is -0.481 e. The quantitative estimate of drug-likeness (QED) is 0.706. The van der Waals surface area contributed by atoms with Gasteiger partial charge in [-0.3, -0.25) is 4.79 Å². The van der Waals surface area contributed by atoms with Crippen LogP contribution in [0.1, 0.15) is 13.3 Å². The van der Waals surface area contributed by atoms with Gasteiger partial charge in [-0.05, 0) is 12.1 Å². The molecule has 0 amide bonds. The maximum absolute atomic E-state index is 9.37. The summed E-state index contributed by atoms with van der Waals surface area (Å²) in [5.41, 5.74) is 0. The summed E-state index contributed by atoms with van der Waals surface area (Å²) in [7, 11) is 0. The summed E-state index contributed by atoms with van der Waals surface area (Å²) in [6, 6.07) is 7.86. The van der Waals surface area contributed by atoms with Crippen LogP contribution in [0.15, 0.2) is 24.3 Å². The van der Waals surface area contributed by atoms with E-state index >= 15 is 0 Å². The molecule has 0 aromatic heterocycles. The molecule has 0 saturated heterocycles. The van der Waals surface area contributed by atoms with Crippen molar-refractivity contribution >= 4 is 5.97 Å². The maximum Gasteiger partial charge on any atom is 0.303 e. The fourth-order valence-electron chi connectivity index (χ4n) is 0.679.